The number of hydrazone groups is 1. The van der Waals surface area contributed by atoms with Gasteiger partial charge in [-0.3, -0.25) is 14.9 Å². The molecule has 0 aliphatic rings. The molecule has 23 heavy (non-hydrogen) atoms. The van der Waals surface area contributed by atoms with Crippen molar-refractivity contribution in [2.24, 2.45) is 5.10 Å². The van der Waals surface area contributed by atoms with Gasteiger partial charge in [-0.2, -0.15) is 5.10 Å². The van der Waals surface area contributed by atoms with Gasteiger partial charge in [-0.05, 0) is 12.1 Å². The van der Waals surface area contributed by atoms with E-state index in [4.69, 9.17) is 16.3 Å². The highest BCUT2D eigenvalue weighted by molar-refractivity contribution is 6.33. The highest BCUT2D eigenvalue weighted by Crippen LogP contribution is 2.25. The van der Waals surface area contributed by atoms with Crippen LogP contribution in [-0.2, 0) is 4.79 Å². The van der Waals surface area contributed by atoms with Crippen LogP contribution in [0, 0.1) is 10.1 Å². The van der Waals surface area contributed by atoms with Gasteiger partial charge in [0.1, 0.15) is 0 Å². The van der Waals surface area contributed by atoms with E-state index < -0.39 is 17.4 Å². The molecule has 118 valence electrons. The van der Waals surface area contributed by atoms with Crippen molar-refractivity contribution in [2.75, 3.05) is 6.61 Å². The fraction of sp³-hybridized carbons (Fsp3) is 0.0667. The van der Waals surface area contributed by atoms with E-state index in [1.165, 1.54) is 24.4 Å². The molecule has 2 aromatic rings. The van der Waals surface area contributed by atoms with Gasteiger partial charge in [0.05, 0.1) is 11.1 Å². The molecule has 0 aliphatic heterocycles. The number of nitrogens with one attached hydrogen (secondary N) is 1. The Hall–Kier alpha value is -2.93. The Morgan fingerprint density at radius 3 is 2.70 bits per heavy atom. The van der Waals surface area contributed by atoms with Crippen molar-refractivity contribution in [2.45, 2.75) is 0 Å². The van der Waals surface area contributed by atoms with Crippen LogP contribution in [0.25, 0.3) is 0 Å². The van der Waals surface area contributed by atoms with Gasteiger partial charge in [0, 0.05) is 16.7 Å². The van der Waals surface area contributed by atoms with Gasteiger partial charge < -0.3 is 4.74 Å². The summed E-state index contributed by atoms with van der Waals surface area (Å²) in [6, 6.07) is 12.8. The summed E-state index contributed by atoms with van der Waals surface area (Å²) in [4.78, 5) is 21.9. The summed E-state index contributed by atoms with van der Waals surface area (Å²) in [5, 5.41) is 15.1. The molecule has 0 fully saturated rings. The molecule has 0 spiro atoms. The van der Waals surface area contributed by atoms with Crippen LogP contribution in [0.15, 0.2) is 53.6 Å². The minimum atomic E-state index is -0.581. The number of hydrogen-bond donors (Lipinski definition) is 1. The Morgan fingerprint density at radius 2 is 1.96 bits per heavy atom. The van der Waals surface area contributed by atoms with Crippen LogP contribution in [-0.4, -0.2) is 23.7 Å². The third kappa shape index (κ3) is 4.79. The van der Waals surface area contributed by atoms with Crippen molar-refractivity contribution in [1.82, 2.24) is 5.43 Å². The molecule has 0 bridgehead atoms. The first-order valence-electron chi connectivity index (χ1n) is 6.50. The van der Waals surface area contributed by atoms with Gasteiger partial charge >= 0.3 is 5.69 Å². The minimum Gasteiger partial charge on any atom is -0.477 e. The Balaban J connectivity index is 1.89. The number of nitrogens with zero attached hydrogens (tertiary/aromatic N) is 2. The fourth-order valence-corrected chi connectivity index (χ4v) is 1.84. The summed E-state index contributed by atoms with van der Waals surface area (Å²) in [5.74, 6) is -0.533. The molecule has 0 unspecified atom stereocenters. The van der Waals surface area contributed by atoms with E-state index in [2.05, 4.69) is 10.5 Å². The van der Waals surface area contributed by atoms with E-state index in [1.807, 2.05) is 0 Å². The molecule has 0 aromatic heterocycles. The molecular weight excluding hydrogens is 322 g/mol. The van der Waals surface area contributed by atoms with Crippen LogP contribution in [0.3, 0.4) is 0 Å². The van der Waals surface area contributed by atoms with E-state index in [1.54, 1.807) is 30.3 Å². The lowest BCUT2D eigenvalue weighted by molar-refractivity contribution is -0.385. The highest BCUT2D eigenvalue weighted by atomic mass is 35.5. The van der Waals surface area contributed by atoms with E-state index in [9.17, 15) is 14.9 Å². The van der Waals surface area contributed by atoms with Gasteiger partial charge in [0.2, 0.25) is 0 Å². The van der Waals surface area contributed by atoms with E-state index in [0.717, 1.165) is 0 Å². The van der Waals surface area contributed by atoms with Crippen molar-refractivity contribution < 1.29 is 14.5 Å². The number of carbonyl (C=O) groups excluding carboxylic acids is 1. The topological polar surface area (TPSA) is 93.8 Å². The lowest BCUT2D eigenvalue weighted by Gasteiger charge is -2.05. The second kappa shape index (κ2) is 7.90. The van der Waals surface area contributed by atoms with Crippen LogP contribution in [0.1, 0.15) is 5.56 Å². The number of amides is 1. The molecule has 0 saturated carbocycles. The molecule has 0 saturated heterocycles. The molecule has 0 aliphatic carbocycles. The second-order valence-electron chi connectivity index (χ2n) is 4.33. The van der Waals surface area contributed by atoms with Crippen molar-refractivity contribution >= 4 is 29.4 Å². The normalized spacial score (nSPS) is 10.5. The molecule has 0 atom stereocenters. The van der Waals surface area contributed by atoms with Gasteiger partial charge in [0.25, 0.3) is 5.91 Å². The lowest BCUT2D eigenvalue weighted by atomic mass is 10.2. The molecule has 2 rings (SSSR count). The van der Waals surface area contributed by atoms with Crippen LogP contribution in [0.5, 0.6) is 5.75 Å². The van der Waals surface area contributed by atoms with Crippen LogP contribution in [0.4, 0.5) is 5.69 Å². The summed E-state index contributed by atoms with van der Waals surface area (Å²) in [6.07, 6.45) is 1.39. The van der Waals surface area contributed by atoms with Crippen LogP contribution < -0.4 is 10.2 Å². The van der Waals surface area contributed by atoms with Gasteiger partial charge in [-0.15, -0.1) is 0 Å². The Kier molecular flexibility index (Phi) is 5.65. The molecule has 1 N–H and O–H groups in total. The van der Waals surface area contributed by atoms with E-state index in [-0.39, 0.29) is 11.4 Å². The molecule has 8 heteroatoms. The summed E-state index contributed by atoms with van der Waals surface area (Å²) < 4.78 is 5.13. The fourth-order valence-electron chi connectivity index (χ4n) is 1.66. The number of ether oxygens (including phenoxy) is 1. The summed E-state index contributed by atoms with van der Waals surface area (Å²) >= 11 is 5.94. The average molecular weight is 334 g/mol. The first-order valence-corrected chi connectivity index (χ1v) is 6.88. The van der Waals surface area contributed by atoms with Crippen LogP contribution >= 0.6 is 11.6 Å². The maximum Gasteiger partial charge on any atom is 0.310 e. The number of nitro groups is 1. The molecule has 0 radical (unpaired) electrons. The number of rotatable bonds is 6. The summed E-state index contributed by atoms with van der Waals surface area (Å²) in [6.45, 7) is -0.398. The van der Waals surface area contributed by atoms with Crippen LogP contribution in [0.2, 0.25) is 5.02 Å². The first-order chi connectivity index (χ1) is 11.1. The second-order valence-corrected chi connectivity index (χ2v) is 4.74. The molecule has 0 heterocycles. The number of nitro benzene ring substituents is 1. The first kappa shape index (κ1) is 16.4. The molecular formula is C15H12ClN3O4. The number of hydrogen-bond acceptors (Lipinski definition) is 5. The summed E-state index contributed by atoms with van der Waals surface area (Å²) in [5.41, 5.74) is 2.69. The Bertz CT molecular complexity index is 749. The zero-order valence-electron chi connectivity index (χ0n) is 11.8. The lowest BCUT2D eigenvalue weighted by Crippen LogP contribution is -2.24. The zero-order valence-corrected chi connectivity index (χ0v) is 12.6. The van der Waals surface area contributed by atoms with Gasteiger partial charge in [-0.1, -0.05) is 41.9 Å². The van der Waals surface area contributed by atoms with E-state index >= 15 is 0 Å². The van der Waals surface area contributed by atoms with Crippen molar-refractivity contribution in [1.29, 1.82) is 0 Å². The third-order valence-electron chi connectivity index (χ3n) is 2.72. The van der Waals surface area contributed by atoms with Gasteiger partial charge in [0.15, 0.2) is 12.4 Å². The highest BCUT2D eigenvalue weighted by Gasteiger charge is 2.14. The smallest absolute Gasteiger partial charge is 0.310 e. The SMILES string of the molecule is O=C(COc1ccccc1[N+](=O)[O-])N/N=C\c1ccccc1Cl. The standard InChI is InChI=1S/C15H12ClN3O4/c16-12-6-2-1-5-11(12)9-17-18-15(20)10-23-14-8-4-3-7-13(14)19(21)22/h1-9H,10H2,(H,18,20)/b17-9-. The van der Waals surface area contributed by atoms with E-state index in [0.29, 0.717) is 10.6 Å². The maximum absolute atomic E-state index is 11.6. The Labute approximate surface area is 136 Å². The Morgan fingerprint density at radius 1 is 1.26 bits per heavy atom. The monoisotopic (exact) mass is 333 g/mol. The quantitative estimate of drug-likeness (QED) is 0.499. The number of carbonyl (C=O) groups is 1. The minimum absolute atomic E-state index is 0.0164. The average Bonchev–Trinajstić information content (AvgIpc) is 2.55. The van der Waals surface area contributed by atoms with Crippen molar-refractivity contribution in [3.8, 4) is 5.75 Å². The third-order valence-corrected chi connectivity index (χ3v) is 3.06. The molecule has 7 nitrogen and oxygen atoms in total. The van der Waals surface area contributed by atoms with Crippen molar-refractivity contribution in [3.05, 3.63) is 69.2 Å². The molecule has 1 amide bonds. The zero-order chi connectivity index (χ0) is 16.7. The molecule has 2 aromatic carbocycles. The van der Waals surface area contributed by atoms with Crippen molar-refractivity contribution in [3.63, 3.8) is 0 Å². The largest absolute Gasteiger partial charge is 0.477 e. The number of para-hydroxylation sites is 2. The number of halogens is 1. The predicted octanol–water partition coefficient (Wildman–Crippen LogP) is 2.78. The predicted molar refractivity (Wildman–Crippen MR) is 85.8 cm³/mol. The number of benzene rings is 2. The maximum atomic E-state index is 11.6. The summed E-state index contributed by atoms with van der Waals surface area (Å²) in [7, 11) is 0. The van der Waals surface area contributed by atoms with Gasteiger partial charge in [-0.25, -0.2) is 5.43 Å².